The number of fused-ring (bicyclic) bond motifs is 3. The van der Waals surface area contributed by atoms with Crippen LogP contribution in [0.15, 0.2) is 71.3 Å². The van der Waals surface area contributed by atoms with Crippen LogP contribution in [-0.2, 0) is 7.05 Å². The number of nitrogens with zero attached hydrogens (tertiary/aromatic N) is 2. The van der Waals surface area contributed by atoms with E-state index in [1.54, 1.807) is 12.1 Å². The minimum Gasteiger partial charge on any atom is -0.454 e. The monoisotopic (exact) mass is 557 g/mol. The number of benzene rings is 3. The summed E-state index contributed by atoms with van der Waals surface area (Å²) in [4.78, 5) is 0. The molecule has 2 saturated carbocycles. The zero-order valence-electron chi connectivity index (χ0n) is 28.7. The van der Waals surface area contributed by atoms with E-state index in [4.69, 9.17) is 8.53 Å². The van der Waals surface area contributed by atoms with Gasteiger partial charge < -0.3 is 4.42 Å². The quantitative estimate of drug-likeness (QED) is 0.206. The molecular formula is C39H41N2O+. The van der Waals surface area contributed by atoms with Crippen LogP contribution >= 0.6 is 0 Å². The number of hydrogen-bond donors (Lipinski definition) is 0. The maximum atomic E-state index is 10.3. The predicted molar refractivity (Wildman–Crippen MR) is 171 cm³/mol. The second-order valence-corrected chi connectivity index (χ2v) is 12.5. The predicted octanol–water partition coefficient (Wildman–Crippen LogP) is 10.1. The molecule has 0 aliphatic heterocycles. The molecule has 0 saturated heterocycles. The topological polar surface area (TPSA) is 40.8 Å². The molecule has 0 spiro atoms. The molecule has 0 amide bonds. The van der Waals surface area contributed by atoms with Gasteiger partial charge >= 0.3 is 0 Å². The van der Waals surface area contributed by atoms with Crippen molar-refractivity contribution in [2.24, 2.45) is 18.9 Å². The third-order valence-electron chi connectivity index (χ3n) is 10.1. The largest absolute Gasteiger partial charge is 0.454 e. The molecule has 0 atom stereocenters. The Morgan fingerprint density at radius 2 is 1.57 bits per heavy atom. The van der Waals surface area contributed by atoms with Crippen LogP contribution < -0.4 is 4.57 Å². The van der Waals surface area contributed by atoms with Crippen LogP contribution in [0.1, 0.15) is 91.4 Å². The Morgan fingerprint density at radius 1 is 0.833 bits per heavy atom. The molecular weight excluding hydrogens is 512 g/mol. The molecule has 42 heavy (non-hydrogen) atoms. The van der Waals surface area contributed by atoms with Crippen molar-refractivity contribution >= 4 is 21.9 Å². The van der Waals surface area contributed by atoms with Gasteiger partial charge in [-0.3, -0.25) is 0 Å². The van der Waals surface area contributed by atoms with Crippen LogP contribution in [0.2, 0.25) is 0 Å². The highest BCUT2D eigenvalue weighted by Gasteiger charge is 2.30. The Morgan fingerprint density at radius 3 is 2.31 bits per heavy atom. The van der Waals surface area contributed by atoms with Crippen molar-refractivity contribution in [1.82, 2.24) is 0 Å². The van der Waals surface area contributed by atoms with Crippen molar-refractivity contribution in [3.63, 3.8) is 0 Å². The van der Waals surface area contributed by atoms with E-state index in [-0.39, 0.29) is 5.56 Å². The number of hydrogen-bond acceptors (Lipinski definition) is 2. The Bertz CT molecular complexity index is 1990. The number of rotatable bonds is 4. The van der Waals surface area contributed by atoms with Crippen molar-refractivity contribution in [3.8, 4) is 28.5 Å². The molecule has 2 aliphatic carbocycles. The highest BCUT2D eigenvalue weighted by Crippen LogP contribution is 2.45. The van der Waals surface area contributed by atoms with Crippen molar-refractivity contribution in [2.45, 2.75) is 77.5 Å². The fourth-order valence-electron chi connectivity index (χ4n) is 7.83. The molecule has 2 heterocycles. The van der Waals surface area contributed by atoms with Gasteiger partial charge in [-0.2, -0.15) is 5.26 Å². The summed E-state index contributed by atoms with van der Waals surface area (Å²) in [6.07, 6.45) is 11.9. The van der Waals surface area contributed by atoms with E-state index in [0.717, 1.165) is 51.9 Å². The lowest BCUT2D eigenvalue weighted by Gasteiger charge is -2.36. The van der Waals surface area contributed by atoms with E-state index < -0.39 is 12.7 Å². The molecule has 3 aromatic carbocycles. The first-order valence-corrected chi connectivity index (χ1v) is 15.6. The summed E-state index contributed by atoms with van der Waals surface area (Å²) in [5.41, 5.74) is 6.83. The summed E-state index contributed by atoms with van der Waals surface area (Å²) in [5.74, 6) is 0.462. The Hall–Kier alpha value is -3.90. The van der Waals surface area contributed by atoms with Crippen LogP contribution in [0.5, 0.6) is 0 Å². The summed E-state index contributed by atoms with van der Waals surface area (Å²) in [5, 5.41) is 12.1. The van der Waals surface area contributed by atoms with Crippen LogP contribution in [-0.4, -0.2) is 0 Å². The molecule has 0 radical (unpaired) electrons. The van der Waals surface area contributed by atoms with Crippen LogP contribution in [0.4, 0.5) is 0 Å². The van der Waals surface area contributed by atoms with E-state index >= 15 is 0 Å². The van der Waals surface area contributed by atoms with Crippen molar-refractivity contribution in [2.75, 3.05) is 0 Å². The number of aryl methyl sites for hydroxylation is 3. The van der Waals surface area contributed by atoms with Crippen molar-refractivity contribution < 1.29 is 14.5 Å². The average Bonchev–Trinajstić information content (AvgIpc) is 3.43. The third-order valence-corrected chi connectivity index (χ3v) is 10.1. The number of furan rings is 1. The Balaban J connectivity index is 1.36. The molecule has 2 fully saturated rings. The van der Waals surface area contributed by atoms with Crippen LogP contribution in [0.25, 0.3) is 44.3 Å². The summed E-state index contributed by atoms with van der Waals surface area (Å²) in [6.45, 7) is -0.336. The van der Waals surface area contributed by atoms with Gasteiger partial charge in [-0.15, -0.1) is 0 Å². The van der Waals surface area contributed by atoms with Crippen molar-refractivity contribution in [3.05, 3.63) is 89.1 Å². The number of nitriles is 1. The van der Waals surface area contributed by atoms with Crippen LogP contribution in [0, 0.1) is 36.9 Å². The minimum absolute atomic E-state index is 0.209. The van der Waals surface area contributed by atoms with Gasteiger partial charge in [0.05, 0.1) is 17.2 Å². The smallest absolute Gasteiger partial charge is 0.216 e. The highest BCUT2D eigenvalue weighted by molar-refractivity contribution is 6.14. The average molecular weight is 558 g/mol. The Labute approximate surface area is 255 Å². The van der Waals surface area contributed by atoms with E-state index in [1.807, 2.05) is 43.6 Å². The first-order valence-electron chi connectivity index (χ1n) is 17.6. The van der Waals surface area contributed by atoms with Crippen LogP contribution in [0.3, 0.4) is 0 Å². The van der Waals surface area contributed by atoms with Gasteiger partial charge in [-0.1, -0.05) is 62.4 Å². The first kappa shape index (κ1) is 22.7. The van der Waals surface area contributed by atoms with Crippen molar-refractivity contribution in [1.29, 1.82) is 5.26 Å². The summed E-state index contributed by atoms with van der Waals surface area (Å²) in [7, 11) is 2.01. The van der Waals surface area contributed by atoms with E-state index in [1.165, 1.54) is 32.1 Å². The molecule has 0 bridgehead atoms. The standard InChI is InChI=1S/C39H41N2O/c1-25-12-19-33-34-21-18-31(24-40)37(39(34)42-38(33)36(25)35-11-7-8-22-41(35)3)30-17-20-32(26(2)23-30)29-15-13-28(14-16-29)27-9-5-4-6-10-27/h7-8,11-12,17-23,27-29H,4-6,9-10,13-16H2,1-3H3/q+1/i2D3,29D. The zero-order valence-corrected chi connectivity index (χ0v) is 24.7. The first-order chi connectivity index (χ1) is 22.1. The second kappa shape index (κ2) is 11.1. The number of pyridine rings is 1. The molecule has 212 valence electrons. The molecule has 3 heteroatoms. The zero-order chi connectivity index (χ0) is 32.2. The SMILES string of the molecule is [2H]C([2H])([2H])c1cc(-c2c(C#N)ccc3c2oc2c(-c4cccc[n+]4C)c(C)ccc23)ccc1C1([2H])CCC(C2CCCCC2)CC1. The van der Waals surface area contributed by atoms with Gasteiger partial charge in [0.15, 0.2) is 6.20 Å². The normalized spacial score (nSPS) is 23.2. The highest BCUT2D eigenvalue weighted by atomic mass is 16.3. The van der Waals surface area contributed by atoms with E-state index in [2.05, 4.69) is 35.8 Å². The summed E-state index contributed by atoms with van der Waals surface area (Å²) >= 11 is 0. The fourth-order valence-corrected chi connectivity index (χ4v) is 7.83. The van der Waals surface area contributed by atoms with E-state index in [0.29, 0.717) is 46.6 Å². The lowest BCUT2D eigenvalue weighted by molar-refractivity contribution is -0.660. The van der Waals surface area contributed by atoms with Gasteiger partial charge in [0.1, 0.15) is 18.2 Å². The molecule has 3 nitrogen and oxygen atoms in total. The van der Waals surface area contributed by atoms with Gasteiger partial charge in [-0.05, 0) is 97.6 Å². The Kier molecular flexibility index (Phi) is 5.97. The van der Waals surface area contributed by atoms with Gasteiger partial charge in [0, 0.05) is 34.0 Å². The van der Waals surface area contributed by atoms with Gasteiger partial charge in [-0.25, -0.2) is 4.57 Å². The van der Waals surface area contributed by atoms with Gasteiger partial charge in [0.25, 0.3) is 0 Å². The fraction of sp³-hybridized carbons (Fsp3) is 0.385. The van der Waals surface area contributed by atoms with Gasteiger partial charge in [0.2, 0.25) is 5.69 Å². The molecule has 2 aliphatic rings. The lowest BCUT2D eigenvalue weighted by atomic mass is 9.69. The lowest BCUT2D eigenvalue weighted by Crippen LogP contribution is -2.30. The maximum Gasteiger partial charge on any atom is 0.216 e. The molecule has 2 aromatic heterocycles. The number of aromatic nitrogens is 1. The summed E-state index contributed by atoms with van der Waals surface area (Å²) < 4.78 is 44.0. The van der Waals surface area contributed by atoms with E-state index in [9.17, 15) is 6.63 Å². The maximum absolute atomic E-state index is 10.3. The molecule has 0 N–H and O–H groups in total. The second-order valence-electron chi connectivity index (χ2n) is 12.5. The summed E-state index contributed by atoms with van der Waals surface area (Å²) in [6, 6.07) is 21.7. The third kappa shape index (κ3) is 4.62. The molecule has 5 aromatic rings. The molecule has 0 unspecified atom stereocenters. The molecule has 7 rings (SSSR count). The minimum atomic E-state index is -2.40.